The molecule has 0 aliphatic rings. The van der Waals surface area contributed by atoms with Gasteiger partial charge in [-0.15, -0.1) is 0 Å². The third-order valence-electron chi connectivity index (χ3n) is 1.92. The van der Waals surface area contributed by atoms with Crippen LogP contribution in [0.15, 0.2) is 30.9 Å². The summed E-state index contributed by atoms with van der Waals surface area (Å²) < 4.78 is 5.02. The molecule has 0 aliphatic carbocycles. The van der Waals surface area contributed by atoms with Crippen LogP contribution in [0.25, 0.3) is 11.1 Å². The Morgan fingerprint density at radius 2 is 2.20 bits per heavy atom. The Balaban J connectivity index is 2.49. The summed E-state index contributed by atoms with van der Waals surface area (Å²) in [5.41, 5.74) is 1.65. The number of pyridine rings is 1. The molecular formula is C10H8ClN3O. The zero-order valence-corrected chi connectivity index (χ0v) is 8.77. The van der Waals surface area contributed by atoms with Gasteiger partial charge in [0, 0.05) is 24.0 Å². The number of nitrogens with zero attached hydrogens (tertiary/aromatic N) is 3. The average molecular weight is 222 g/mol. The van der Waals surface area contributed by atoms with E-state index >= 15 is 0 Å². The van der Waals surface area contributed by atoms with E-state index in [0.717, 1.165) is 11.1 Å². The number of methoxy groups -OCH3 is 1. The van der Waals surface area contributed by atoms with Crippen LogP contribution < -0.4 is 4.74 Å². The van der Waals surface area contributed by atoms with Crippen molar-refractivity contribution in [2.24, 2.45) is 0 Å². The molecule has 0 aliphatic heterocycles. The molecule has 2 aromatic heterocycles. The smallest absolute Gasteiger partial charge is 0.213 e. The van der Waals surface area contributed by atoms with E-state index in [0.29, 0.717) is 11.0 Å². The standard InChI is InChI=1S/C10H8ClN3O/c1-15-9-4-7(2-3-13-9)8-5-12-6-14-10(8)11/h2-6H,1H3. The van der Waals surface area contributed by atoms with E-state index in [9.17, 15) is 0 Å². The fourth-order valence-electron chi connectivity index (χ4n) is 1.20. The van der Waals surface area contributed by atoms with Crippen LogP contribution in [0.2, 0.25) is 5.15 Å². The maximum Gasteiger partial charge on any atom is 0.213 e. The highest BCUT2D eigenvalue weighted by molar-refractivity contribution is 6.32. The van der Waals surface area contributed by atoms with Gasteiger partial charge in [-0.25, -0.2) is 15.0 Å². The molecule has 0 N–H and O–H groups in total. The van der Waals surface area contributed by atoms with Crippen molar-refractivity contribution in [1.29, 1.82) is 0 Å². The molecule has 0 saturated heterocycles. The van der Waals surface area contributed by atoms with Crippen LogP contribution in [0.4, 0.5) is 0 Å². The highest BCUT2D eigenvalue weighted by Gasteiger charge is 2.05. The topological polar surface area (TPSA) is 47.9 Å². The number of hydrogen-bond donors (Lipinski definition) is 0. The van der Waals surface area contributed by atoms with Gasteiger partial charge in [0.05, 0.1) is 7.11 Å². The van der Waals surface area contributed by atoms with Gasteiger partial charge in [0.25, 0.3) is 0 Å². The van der Waals surface area contributed by atoms with Gasteiger partial charge >= 0.3 is 0 Å². The summed E-state index contributed by atoms with van der Waals surface area (Å²) in [5, 5.41) is 0.415. The fourth-order valence-corrected chi connectivity index (χ4v) is 1.40. The van der Waals surface area contributed by atoms with Crippen LogP contribution in [-0.2, 0) is 0 Å². The molecule has 0 aromatic carbocycles. The van der Waals surface area contributed by atoms with Crippen LogP contribution in [0.5, 0.6) is 5.88 Å². The monoisotopic (exact) mass is 221 g/mol. The summed E-state index contributed by atoms with van der Waals surface area (Å²) in [5.74, 6) is 0.535. The first kappa shape index (κ1) is 9.86. The van der Waals surface area contributed by atoms with Gasteiger partial charge in [-0.3, -0.25) is 0 Å². The van der Waals surface area contributed by atoms with Crippen LogP contribution in [0.3, 0.4) is 0 Å². The average Bonchev–Trinajstić information content (AvgIpc) is 2.30. The molecular weight excluding hydrogens is 214 g/mol. The molecule has 2 heterocycles. The molecule has 0 fully saturated rings. The number of halogens is 1. The van der Waals surface area contributed by atoms with E-state index in [1.54, 1.807) is 25.6 Å². The minimum Gasteiger partial charge on any atom is -0.481 e. The lowest BCUT2D eigenvalue weighted by Crippen LogP contribution is -1.89. The summed E-state index contributed by atoms with van der Waals surface area (Å²) in [6, 6.07) is 3.61. The van der Waals surface area contributed by atoms with Crippen molar-refractivity contribution in [2.75, 3.05) is 7.11 Å². The molecule has 0 unspecified atom stereocenters. The SMILES string of the molecule is COc1cc(-c2cncnc2Cl)ccn1. The van der Waals surface area contributed by atoms with Crippen molar-refractivity contribution in [3.63, 3.8) is 0 Å². The van der Waals surface area contributed by atoms with E-state index in [1.807, 2.05) is 6.07 Å². The number of aromatic nitrogens is 3. The Hall–Kier alpha value is -1.68. The number of hydrogen-bond acceptors (Lipinski definition) is 4. The second-order valence-electron chi connectivity index (χ2n) is 2.81. The Kier molecular flexibility index (Phi) is 2.78. The maximum atomic E-state index is 5.94. The minimum atomic E-state index is 0.415. The largest absolute Gasteiger partial charge is 0.481 e. The molecule has 0 radical (unpaired) electrons. The highest BCUT2D eigenvalue weighted by Crippen LogP contribution is 2.26. The van der Waals surface area contributed by atoms with E-state index < -0.39 is 0 Å². The molecule has 0 amide bonds. The van der Waals surface area contributed by atoms with Gasteiger partial charge in [0.15, 0.2) is 0 Å². The third kappa shape index (κ3) is 2.05. The van der Waals surface area contributed by atoms with Crippen LogP contribution in [0, 0.1) is 0 Å². The second kappa shape index (κ2) is 4.23. The molecule has 4 nitrogen and oxygen atoms in total. The first-order valence-electron chi connectivity index (χ1n) is 4.27. The van der Waals surface area contributed by atoms with Crippen molar-refractivity contribution in [3.8, 4) is 17.0 Å². The van der Waals surface area contributed by atoms with E-state index in [-0.39, 0.29) is 0 Å². The molecule has 0 saturated carbocycles. The lowest BCUT2D eigenvalue weighted by Gasteiger charge is -2.04. The molecule has 2 rings (SSSR count). The molecule has 76 valence electrons. The molecule has 15 heavy (non-hydrogen) atoms. The quantitative estimate of drug-likeness (QED) is 0.730. The Labute approximate surface area is 91.9 Å². The van der Waals surface area contributed by atoms with Crippen molar-refractivity contribution in [2.45, 2.75) is 0 Å². The van der Waals surface area contributed by atoms with Gasteiger partial charge in [0.1, 0.15) is 11.5 Å². The van der Waals surface area contributed by atoms with Gasteiger partial charge in [0.2, 0.25) is 5.88 Å². The number of ether oxygens (including phenoxy) is 1. The molecule has 0 spiro atoms. The first-order valence-corrected chi connectivity index (χ1v) is 4.65. The van der Waals surface area contributed by atoms with Gasteiger partial charge < -0.3 is 4.74 Å². The zero-order chi connectivity index (χ0) is 10.7. The van der Waals surface area contributed by atoms with E-state index in [2.05, 4.69) is 15.0 Å². The third-order valence-corrected chi connectivity index (χ3v) is 2.22. The first-order chi connectivity index (χ1) is 7.31. The Bertz CT molecular complexity index is 476. The summed E-state index contributed by atoms with van der Waals surface area (Å²) in [6.07, 6.45) is 4.71. The minimum absolute atomic E-state index is 0.415. The normalized spacial score (nSPS) is 10.0. The van der Waals surface area contributed by atoms with E-state index in [4.69, 9.17) is 16.3 Å². The van der Waals surface area contributed by atoms with Gasteiger partial charge in [-0.05, 0) is 11.6 Å². The van der Waals surface area contributed by atoms with Crippen LogP contribution in [-0.4, -0.2) is 22.1 Å². The molecule has 5 heteroatoms. The predicted molar refractivity (Wildman–Crippen MR) is 56.8 cm³/mol. The maximum absolute atomic E-state index is 5.94. The molecule has 0 atom stereocenters. The summed E-state index contributed by atoms with van der Waals surface area (Å²) >= 11 is 5.94. The summed E-state index contributed by atoms with van der Waals surface area (Å²) in [7, 11) is 1.56. The van der Waals surface area contributed by atoms with Crippen molar-refractivity contribution in [1.82, 2.24) is 15.0 Å². The van der Waals surface area contributed by atoms with Gasteiger partial charge in [-0.1, -0.05) is 11.6 Å². The van der Waals surface area contributed by atoms with Crippen molar-refractivity contribution in [3.05, 3.63) is 36.0 Å². The van der Waals surface area contributed by atoms with Crippen molar-refractivity contribution < 1.29 is 4.74 Å². The Morgan fingerprint density at radius 1 is 1.33 bits per heavy atom. The predicted octanol–water partition coefficient (Wildman–Crippen LogP) is 2.20. The van der Waals surface area contributed by atoms with E-state index in [1.165, 1.54) is 6.33 Å². The lowest BCUT2D eigenvalue weighted by atomic mass is 10.1. The fraction of sp³-hybridized carbons (Fsp3) is 0.100. The number of rotatable bonds is 2. The molecule has 2 aromatic rings. The second-order valence-corrected chi connectivity index (χ2v) is 3.17. The summed E-state index contributed by atoms with van der Waals surface area (Å²) in [4.78, 5) is 11.8. The summed E-state index contributed by atoms with van der Waals surface area (Å²) in [6.45, 7) is 0. The van der Waals surface area contributed by atoms with Crippen LogP contribution >= 0.6 is 11.6 Å². The van der Waals surface area contributed by atoms with Crippen molar-refractivity contribution >= 4 is 11.6 Å². The molecule has 0 bridgehead atoms. The highest BCUT2D eigenvalue weighted by atomic mass is 35.5. The zero-order valence-electron chi connectivity index (χ0n) is 8.01. The lowest BCUT2D eigenvalue weighted by molar-refractivity contribution is 0.398. The van der Waals surface area contributed by atoms with Gasteiger partial charge in [-0.2, -0.15) is 0 Å². The van der Waals surface area contributed by atoms with Crippen LogP contribution in [0.1, 0.15) is 0 Å². The Morgan fingerprint density at radius 3 is 2.93 bits per heavy atom.